The molecule has 0 radical (unpaired) electrons. The van der Waals surface area contributed by atoms with Gasteiger partial charge in [-0.2, -0.15) is 0 Å². The number of hydrogen-bond acceptors (Lipinski definition) is 1. The molecule has 0 N–H and O–H groups in total. The Bertz CT molecular complexity index is 163. The van der Waals surface area contributed by atoms with Crippen molar-refractivity contribution in [1.29, 1.82) is 0 Å². The van der Waals surface area contributed by atoms with E-state index in [0.717, 1.165) is 24.4 Å². The predicted molar refractivity (Wildman–Crippen MR) is 54.6 cm³/mol. The molecule has 1 heteroatoms. The van der Waals surface area contributed by atoms with Crippen LogP contribution in [-0.4, -0.2) is 12.7 Å². The van der Waals surface area contributed by atoms with E-state index >= 15 is 0 Å². The Balaban J connectivity index is 2.02. The van der Waals surface area contributed by atoms with E-state index < -0.39 is 0 Å². The normalized spacial score (nSPS) is 40.4. The van der Waals surface area contributed by atoms with Crippen LogP contribution in [0.15, 0.2) is 0 Å². The van der Waals surface area contributed by atoms with Crippen LogP contribution in [0.5, 0.6) is 0 Å². The van der Waals surface area contributed by atoms with Gasteiger partial charge < -0.3 is 4.74 Å². The third kappa shape index (κ3) is 1.90. The summed E-state index contributed by atoms with van der Waals surface area (Å²) in [4.78, 5) is 0. The molecule has 2 fully saturated rings. The van der Waals surface area contributed by atoms with E-state index in [2.05, 4.69) is 13.8 Å². The van der Waals surface area contributed by atoms with Crippen molar-refractivity contribution in [3.05, 3.63) is 0 Å². The number of fused-ring (bicyclic) bond motifs is 1. The molecule has 0 aromatic heterocycles. The highest BCUT2D eigenvalue weighted by molar-refractivity contribution is 4.86. The van der Waals surface area contributed by atoms with E-state index in [9.17, 15) is 0 Å². The monoisotopic (exact) mass is 182 g/mol. The molecule has 0 aromatic rings. The molecule has 0 amide bonds. The fourth-order valence-electron chi connectivity index (χ4n) is 3.22. The molecule has 2 rings (SSSR count). The highest BCUT2D eigenvalue weighted by Crippen LogP contribution is 2.40. The number of ether oxygens (including phenoxy) is 1. The van der Waals surface area contributed by atoms with E-state index in [0.29, 0.717) is 6.10 Å². The fraction of sp³-hybridized carbons (Fsp3) is 1.00. The van der Waals surface area contributed by atoms with Crippen molar-refractivity contribution in [1.82, 2.24) is 0 Å². The molecule has 0 aromatic carbocycles. The first-order valence-corrected chi connectivity index (χ1v) is 5.90. The van der Waals surface area contributed by atoms with E-state index in [1.165, 1.54) is 32.1 Å². The van der Waals surface area contributed by atoms with Crippen LogP contribution in [-0.2, 0) is 4.74 Å². The Labute approximate surface area is 81.9 Å². The van der Waals surface area contributed by atoms with Gasteiger partial charge in [-0.15, -0.1) is 0 Å². The topological polar surface area (TPSA) is 9.23 Å². The van der Waals surface area contributed by atoms with Crippen LogP contribution in [0.3, 0.4) is 0 Å². The van der Waals surface area contributed by atoms with Gasteiger partial charge in [0.05, 0.1) is 6.10 Å². The molecule has 1 heterocycles. The van der Waals surface area contributed by atoms with Crippen molar-refractivity contribution in [2.75, 3.05) is 6.61 Å². The SMILES string of the molecule is CC(C)C1CCOC2CCCCC21. The van der Waals surface area contributed by atoms with Gasteiger partial charge in [0.2, 0.25) is 0 Å². The maximum Gasteiger partial charge on any atom is 0.0606 e. The van der Waals surface area contributed by atoms with Crippen LogP contribution in [0.1, 0.15) is 46.0 Å². The standard InChI is InChI=1S/C12H22O/c1-9(2)10-7-8-13-12-6-4-3-5-11(10)12/h9-12H,3-8H2,1-2H3. The van der Waals surface area contributed by atoms with Crippen molar-refractivity contribution < 1.29 is 4.74 Å². The third-order valence-corrected chi connectivity index (χ3v) is 3.94. The van der Waals surface area contributed by atoms with Gasteiger partial charge in [-0.05, 0) is 37.0 Å². The Morgan fingerprint density at radius 3 is 2.62 bits per heavy atom. The molecular weight excluding hydrogens is 160 g/mol. The van der Waals surface area contributed by atoms with Gasteiger partial charge in [-0.1, -0.05) is 26.7 Å². The Hall–Kier alpha value is -0.0400. The van der Waals surface area contributed by atoms with Crippen LogP contribution in [0.4, 0.5) is 0 Å². The van der Waals surface area contributed by atoms with Crippen molar-refractivity contribution in [2.24, 2.45) is 17.8 Å². The second-order valence-corrected chi connectivity index (χ2v) is 5.05. The smallest absolute Gasteiger partial charge is 0.0606 e. The largest absolute Gasteiger partial charge is 0.378 e. The van der Waals surface area contributed by atoms with Gasteiger partial charge in [-0.3, -0.25) is 0 Å². The summed E-state index contributed by atoms with van der Waals surface area (Å²) < 4.78 is 5.86. The zero-order valence-electron chi connectivity index (χ0n) is 8.96. The van der Waals surface area contributed by atoms with E-state index in [1.807, 2.05) is 0 Å². The lowest BCUT2D eigenvalue weighted by molar-refractivity contribution is -0.0868. The van der Waals surface area contributed by atoms with Gasteiger partial charge in [0.1, 0.15) is 0 Å². The summed E-state index contributed by atoms with van der Waals surface area (Å²) in [5.74, 6) is 2.69. The van der Waals surface area contributed by atoms with E-state index in [1.54, 1.807) is 0 Å². The van der Waals surface area contributed by atoms with Crippen molar-refractivity contribution in [2.45, 2.75) is 52.1 Å². The quantitative estimate of drug-likeness (QED) is 0.605. The zero-order valence-corrected chi connectivity index (χ0v) is 8.96. The van der Waals surface area contributed by atoms with Crippen LogP contribution in [0.25, 0.3) is 0 Å². The molecule has 76 valence electrons. The van der Waals surface area contributed by atoms with Gasteiger partial charge in [0.25, 0.3) is 0 Å². The second-order valence-electron chi connectivity index (χ2n) is 5.05. The minimum atomic E-state index is 0.620. The third-order valence-electron chi connectivity index (χ3n) is 3.94. The molecule has 13 heavy (non-hydrogen) atoms. The Kier molecular flexibility index (Phi) is 2.92. The lowest BCUT2D eigenvalue weighted by atomic mass is 9.71. The highest BCUT2D eigenvalue weighted by atomic mass is 16.5. The molecule has 2 aliphatic rings. The van der Waals surface area contributed by atoms with Crippen molar-refractivity contribution in [3.8, 4) is 0 Å². The number of hydrogen-bond donors (Lipinski definition) is 0. The van der Waals surface area contributed by atoms with Crippen LogP contribution < -0.4 is 0 Å². The molecule has 1 nitrogen and oxygen atoms in total. The first-order chi connectivity index (χ1) is 6.29. The van der Waals surface area contributed by atoms with Crippen LogP contribution in [0.2, 0.25) is 0 Å². The minimum absolute atomic E-state index is 0.620. The van der Waals surface area contributed by atoms with Gasteiger partial charge in [-0.25, -0.2) is 0 Å². The summed E-state index contributed by atoms with van der Waals surface area (Å²) in [5.41, 5.74) is 0. The van der Waals surface area contributed by atoms with Gasteiger partial charge >= 0.3 is 0 Å². The lowest BCUT2D eigenvalue weighted by Crippen LogP contribution is -2.40. The van der Waals surface area contributed by atoms with Gasteiger partial charge in [0, 0.05) is 6.61 Å². The average molecular weight is 182 g/mol. The van der Waals surface area contributed by atoms with Gasteiger partial charge in [0.15, 0.2) is 0 Å². The van der Waals surface area contributed by atoms with E-state index in [4.69, 9.17) is 4.74 Å². The first-order valence-electron chi connectivity index (χ1n) is 5.90. The maximum absolute atomic E-state index is 5.86. The molecule has 3 unspecified atom stereocenters. The molecule has 1 saturated heterocycles. The predicted octanol–water partition coefficient (Wildman–Crippen LogP) is 3.24. The summed E-state index contributed by atoms with van der Waals surface area (Å²) in [5, 5.41) is 0. The molecule has 1 aliphatic heterocycles. The summed E-state index contributed by atoms with van der Waals surface area (Å²) in [6.07, 6.45) is 7.51. The highest BCUT2D eigenvalue weighted by Gasteiger charge is 2.36. The van der Waals surface area contributed by atoms with Crippen LogP contribution in [0, 0.1) is 17.8 Å². The van der Waals surface area contributed by atoms with Crippen molar-refractivity contribution >= 4 is 0 Å². The molecule has 0 bridgehead atoms. The summed E-state index contributed by atoms with van der Waals surface area (Å²) in [6.45, 7) is 5.77. The lowest BCUT2D eigenvalue weighted by Gasteiger charge is -2.43. The Morgan fingerprint density at radius 2 is 1.85 bits per heavy atom. The molecule has 0 spiro atoms. The second kappa shape index (κ2) is 4.00. The summed E-state index contributed by atoms with van der Waals surface area (Å²) in [6, 6.07) is 0. The summed E-state index contributed by atoms with van der Waals surface area (Å²) in [7, 11) is 0. The molecule has 1 saturated carbocycles. The minimum Gasteiger partial charge on any atom is -0.378 e. The molecule has 3 atom stereocenters. The molecule has 1 aliphatic carbocycles. The molecular formula is C12H22O. The zero-order chi connectivity index (χ0) is 9.26. The Morgan fingerprint density at radius 1 is 1.08 bits per heavy atom. The number of rotatable bonds is 1. The van der Waals surface area contributed by atoms with E-state index in [-0.39, 0.29) is 0 Å². The maximum atomic E-state index is 5.86. The van der Waals surface area contributed by atoms with Crippen LogP contribution >= 0.6 is 0 Å². The summed E-state index contributed by atoms with van der Waals surface area (Å²) >= 11 is 0. The fourth-order valence-corrected chi connectivity index (χ4v) is 3.22. The average Bonchev–Trinajstić information content (AvgIpc) is 2.17. The first kappa shape index (κ1) is 9.51. The van der Waals surface area contributed by atoms with Crippen molar-refractivity contribution in [3.63, 3.8) is 0 Å².